The average molecular weight is 270 g/mol. The number of nitrogens with two attached hydrogens (primary N) is 1. The lowest BCUT2D eigenvalue weighted by molar-refractivity contribution is -0.0231. The second kappa shape index (κ2) is 9.62. The highest BCUT2D eigenvalue weighted by Crippen LogP contribution is 2.29. The first-order valence-electron chi connectivity index (χ1n) is 7.06. The number of hydrogen-bond acceptors (Lipinski definition) is 3. The Bertz CT molecular complexity index is 387. The second-order valence-corrected chi connectivity index (χ2v) is 4.67. The number of H-pyrrole nitrogens is 1. The Morgan fingerprint density at radius 3 is 2.21 bits per heavy atom. The van der Waals surface area contributed by atoms with Crippen molar-refractivity contribution in [2.24, 2.45) is 0 Å². The van der Waals surface area contributed by atoms with Crippen LogP contribution in [0.1, 0.15) is 54.3 Å². The minimum absolute atomic E-state index is 0. The molecule has 4 nitrogen and oxygen atoms in total. The van der Waals surface area contributed by atoms with Gasteiger partial charge in [0.15, 0.2) is 0 Å². The van der Waals surface area contributed by atoms with Crippen molar-refractivity contribution in [1.29, 1.82) is 0 Å². The molecule has 1 aliphatic rings. The van der Waals surface area contributed by atoms with E-state index in [0.29, 0.717) is 0 Å². The number of methoxy groups -OCH3 is 1. The van der Waals surface area contributed by atoms with Gasteiger partial charge >= 0.3 is 0 Å². The third kappa shape index (κ3) is 7.01. The Balaban J connectivity index is 0. The van der Waals surface area contributed by atoms with Gasteiger partial charge in [0.05, 0.1) is 11.3 Å². The molecular formula is C15H30N2O2. The van der Waals surface area contributed by atoms with E-state index < -0.39 is 0 Å². The molecule has 1 fully saturated rings. The summed E-state index contributed by atoms with van der Waals surface area (Å²) in [4.78, 5) is 12.9. The summed E-state index contributed by atoms with van der Waals surface area (Å²) < 4.78 is 5.38. The van der Waals surface area contributed by atoms with Crippen molar-refractivity contribution < 1.29 is 6.16 Å². The summed E-state index contributed by atoms with van der Waals surface area (Å²) in [5, 5.41) is 0. The molecule has 1 saturated carbocycles. The number of aromatic amines is 1. The Kier molecular flexibility index (Phi) is 8.96. The molecule has 1 aromatic heterocycles. The van der Waals surface area contributed by atoms with Crippen LogP contribution in [0, 0.1) is 0 Å². The maximum atomic E-state index is 10.4. The van der Waals surface area contributed by atoms with Crippen LogP contribution in [0.3, 0.4) is 0 Å². The van der Waals surface area contributed by atoms with Gasteiger partial charge in [-0.15, -0.1) is 0 Å². The smallest absolute Gasteiger partial charge is 0.271 e. The van der Waals surface area contributed by atoms with Crippen molar-refractivity contribution >= 4 is 5.69 Å². The van der Waals surface area contributed by atoms with Gasteiger partial charge in [0, 0.05) is 14.7 Å². The number of nitrogens with one attached hydrogen (secondary N) is 1. The lowest BCUT2D eigenvalue weighted by Crippen LogP contribution is -2.29. The largest absolute Gasteiger partial charge is 0.394 e. The topological polar surface area (TPSA) is 68.1 Å². The number of ether oxygens (including phenoxy) is 1. The van der Waals surface area contributed by atoms with Crippen LogP contribution in [0.4, 0.5) is 5.69 Å². The van der Waals surface area contributed by atoms with Gasteiger partial charge in [-0.2, -0.15) is 0 Å². The first kappa shape index (κ1) is 17.7. The highest BCUT2D eigenvalue weighted by Gasteiger charge is 2.25. The summed E-state index contributed by atoms with van der Waals surface area (Å²) in [5.74, 6) is 0. The first-order chi connectivity index (χ1) is 9.07. The van der Waals surface area contributed by atoms with Crippen LogP contribution >= 0.6 is 0 Å². The Labute approximate surface area is 117 Å². The molecule has 4 heteroatoms. The van der Waals surface area contributed by atoms with Crippen LogP contribution in [-0.4, -0.2) is 17.7 Å². The standard InChI is InChI=1S/C8H16O.C5H6N2O.C2H6.H2/c1-8(9-2)6-4-3-5-7-8;6-4-2-1-3-7-5(4)8;1-2;/h3-7H2,1-2H3;1-3H,6H2,(H,7,8);1-2H3;1H. The normalized spacial score (nSPS) is 16.4. The molecule has 0 spiro atoms. The van der Waals surface area contributed by atoms with Crippen LogP contribution in [0.5, 0.6) is 0 Å². The van der Waals surface area contributed by atoms with E-state index in [-0.39, 0.29) is 18.3 Å². The van der Waals surface area contributed by atoms with Crippen molar-refractivity contribution in [3.05, 3.63) is 28.7 Å². The van der Waals surface area contributed by atoms with Gasteiger partial charge in [-0.3, -0.25) is 4.79 Å². The van der Waals surface area contributed by atoms with E-state index in [1.165, 1.54) is 32.1 Å². The molecule has 112 valence electrons. The highest BCUT2D eigenvalue weighted by atomic mass is 16.5. The lowest BCUT2D eigenvalue weighted by atomic mass is 9.86. The summed E-state index contributed by atoms with van der Waals surface area (Å²) in [5.41, 5.74) is 5.42. The van der Waals surface area contributed by atoms with Crippen LogP contribution in [0.15, 0.2) is 23.1 Å². The van der Waals surface area contributed by atoms with Crippen LogP contribution in [0.25, 0.3) is 0 Å². The summed E-state index contributed by atoms with van der Waals surface area (Å²) in [6.45, 7) is 6.21. The third-order valence-corrected chi connectivity index (χ3v) is 3.25. The number of aromatic nitrogens is 1. The summed E-state index contributed by atoms with van der Waals surface area (Å²) in [6, 6.07) is 3.23. The molecule has 0 aliphatic heterocycles. The van der Waals surface area contributed by atoms with E-state index in [0.717, 1.165) is 0 Å². The van der Waals surface area contributed by atoms with Crippen molar-refractivity contribution in [3.8, 4) is 0 Å². The SMILES string of the molecule is CC.COC1(C)CCCCC1.Nc1ccc[nH]c1=O.[HH]. The minimum Gasteiger partial charge on any atom is -0.394 e. The van der Waals surface area contributed by atoms with Crippen LogP contribution < -0.4 is 11.3 Å². The zero-order valence-corrected chi connectivity index (χ0v) is 12.7. The van der Waals surface area contributed by atoms with E-state index in [9.17, 15) is 4.79 Å². The molecule has 19 heavy (non-hydrogen) atoms. The molecule has 0 saturated heterocycles. The number of nitrogen functional groups attached to an aromatic ring is 1. The Morgan fingerprint density at radius 2 is 1.89 bits per heavy atom. The van der Waals surface area contributed by atoms with E-state index in [4.69, 9.17) is 10.5 Å². The van der Waals surface area contributed by atoms with Gasteiger partial charge in [0.25, 0.3) is 5.56 Å². The fourth-order valence-corrected chi connectivity index (χ4v) is 1.94. The molecule has 3 N–H and O–H groups in total. The van der Waals surface area contributed by atoms with Gasteiger partial charge in [0.1, 0.15) is 0 Å². The van der Waals surface area contributed by atoms with Crippen molar-refractivity contribution in [2.45, 2.75) is 58.5 Å². The number of hydrogen-bond donors (Lipinski definition) is 2. The van der Waals surface area contributed by atoms with Gasteiger partial charge in [-0.25, -0.2) is 0 Å². The van der Waals surface area contributed by atoms with Gasteiger partial charge in [-0.05, 0) is 31.9 Å². The molecule has 1 aromatic rings. The molecule has 0 bridgehead atoms. The predicted octanol–water partition coefficient (Wildman–Crippen LogP) is 3.58. The zero-order chi connectivity index (χ0) is 14.7. The molecule has 1 heterocycles. The Morgan fingerprint density at radius 1 is 1.32 bits per heavy atom. The second-order valence-electron chi connectivity index (χ2n) is 4.67. The van der Waals surface area contributed by atoms with E-state index >= 15 is 0 Å². The predicted molar refractivity (Wildman–Crippen MR) is 83.4 cm³/mol. The monoisotopic (exact) mass is 270 g/mol. The van der Waals surface area contributed by atoms with Crippen LogP contribution in [0.2, 0.25) is 0 Å². The molecular weight excluding hydrogens is 240 g/mol. The third-order valence-electron chi connectivity index (χ3n) is 3.25. The number of pyridine rings is 1. The molecule has 2 rings (SSSR count). The lowest BCUT2D eigenvalue weighted by Gasteiger charge is -2.31. The fourth-order valence-electron chi connectivity index (χ4n) is 1.94. The molecule has 0 amide bonds. The van der Waals surface area contributed by atoms with Gasteiger partial charge in [0.2, 0.25) is 0 Å². The van der Waals surface area contributed by atoms with E-state index in [1.807, 2.05) is 21.0 Å². The summed E-state index contributed by atoms with van der Waals surface area (Å²) in [6.07, 6.45) is 8.15. The van der Waals surface area contributed by atoms with Gasteiger partial charge < -0.3 is 15.5 Å². The fraction of sp³-hybridized carbons (Fsp3) is 0.667. The van der Waals surface area contributed by atoms with E-state index in [2.05, 4.69) is 11.9 Å². The van der Waals surface area contributed by atoms with Gasteiger partial charge in [-0.1, -0.05) is 33.1 Å². The van der Waals surface area contributed by atoms with Crippen LogP contribution in [-0.2, 0) is 4.74 Å². The number of rotatable bonds is 1. The maximum absolute atomic E-state index is 10.4. The summed E-state index contributed by atoms with van der Waals surface area (Å²) in [7, 11) is 1.82. The molecule has 1 aliphatic carbocycles. The molecule has 0 aromatic carbocycles. The van der Waals surface area contributed by atoms with Crippen molar-refractivity contribution in [2.75, 3.05) is 12.8 Å². The van der Waals surface area contributed by atoms with Crippen molar-refractivity contribution in [3.63, 3.8) is 0 Å². The average Bonchev–Trinajstić information content (AvgIpc) is 2.46. The van der Waals surface area contributed by atoms with E-state index in [1.54, 1.807) is 18.3 Å². The molecule has 0 radical (unpaired) electrons. The number of anilines is 1. The first-order valence-corrected chi connectivity index (χ1v) is 7.06. The molecule has 0 atom stereocenters. The van der Waals surface area contributed by atoms with Crippen molar-refractivity contribution in [1.82, 2.24) is 4.98 Å². The quantitative estimate of drug-likeness (QED) is 0.819. The highest BCUT2D eigenvalue weighted by molar-refractivity contribution is 5.32. The maximum Gasteiger partial charge on any atom is 0.271 e. The molecule has 0 unspecified atom stereocenters. The zero-order valence-electron chi connectivity index (χ0n) is 12.7. The minimum atomic E-state index is -0.229. The Hall–Kier alpha value is -1.29. The summed E-state index contributed by atoms with van der Waals surface area (Å²) >= 11 is 0.